The molecule has 0 spiro atoms. The average Bonchev–Trinajstić information content (AvgIpc) is 2.21. The average molecular weight is 263 g/mol. The van der Waals surface area contributed by atoms with Gasteiger partial charge in [0.15, 0.2) is 11.6 Å². The van der Waals surface area contributed by atoms with Crippen molar-refractivity contribution in [1.29, 1.82) is 0 Å². The highest BCUT2D eigenvalue weighted by molar-refractivity contribution is 7.88. The van der Waals surface area contributed by atoms with E-state index in [-0.39, 0.29) is 18.3 Å². The Morgan fingerprint density at radius 3 is 2.82 bits per heavy atom. The summed E-state index contributed by atoms with van der Waals surface area (Å²) in [5, 5.41) is 2.70. The summed E-state index contributed by atoms with van der Waals surface area (Å²) in [6.07, 6.45) is 2.54. The molecule has 0 saturated carbocycles. The molecule has 0 radical (unpaired) electrons. The summed E-state index contributed by atoms with van der Waals surface area (Å²) in [6.45, 7) is 0.643. The number of halogens is 1. The van der Waals surface area contributed by atoms with Crippen LogP contribution in [0.3, 0.4) is 0 Å². The van der Waals surface area contributed by atoms with Crippen LogP contribution in [0.4, 0.5) is 16.2 Å². The lowest BCUT2D eigenvalue weighted by molar-refractivity contribution is 0.585. The minimum Gasteiger partial charge on any atom is -0.368 e. The predicted molar refractivity (Wildman–Crippen MR) is 62.4 cm³/mol. The van der Waals surface area contributed by atoms with E-state index >= 15 is 0 Å². The molecule has 17 heavy (non-hydrogen) atoms. The van der Waals surface area contributed by atoms with Crippen molar-refractivity contribution in [3.63, 3.8) is 0 Å². The fourth-order valence-electron chi connectivity index (χ4n) is 1.06. The Morgan fingerprint density at radius 2 is 2.18 bits per heavy atom. The molecule has 0 bridgehead atoms. The van der Waals surface area contributed by atoms with Crippen LogP contribution in [-0.2, 0) is 10.0 Å². The lowest BCUT2D eigenvalue weighted by atomic mass is 10.4. The molecule has 1 aromatic heterocycles. The number of nitrogens with zero attached hydrogens (tertiary/aromatic N) is 2. The van der Waals surface area contributed by atoms with Crippen LogP contribution < -0.4 is 15.8 Å². The maximum absolute atomic E-state index is 13.1. The van der Waals surface area contributed by atoms with Gasteiger partial charge in [-0.2, -0.15) is 4.98 Å². The molecule has 0 aliphatic carbocycles. The van der Waals surface area contributed by atoms with Crippen LogP contribution in [0.5, 0.6) is 0 Å². The molecule has 1 aromatic rings. The summed E-state index contributed by atoms with van der Waals surface area (Å²) in [6, 6.07) is 0. The molecule has 0 saturated heterocycles. The number of nitrogen functional groups attached to an aromatic ring is 1. The molecular formula is C8H14FN5O2S. The zero-order valence-electron chi connectivity index (χ0n) is 9.27. The number of anilines is 2. The van der Waals surface area contributed by atoms with E-state index < -0.39 is 15.8 Å². The van der Waals surface area contributed by atoms with E-state index in [4.69, 9.17) is 5.73 Å². The van der Waals surface area contributed by atoms with E-state index in [2.05, 4.69) is 20.0 Å². The Balaban J connectivity index is 2.34. The number of hydrogen-bond donors (Lipinski definition) is 3. The van der Waals surface area contributed by atoms with Gasteiger partial charge in [-0.15, -0.1) is 0 Å². The fourth-order valence-corrected chi connectivity index (χ4v) is 1.57. The Kier molecular flexibility index (Phi) is 4.58. The van der Waals surface area contributed by atoms with E-state index in [9.17, 15) is 12.8 Å². The number of nitrogens with one attached hydrogen (secondary N) is 2. The molecule has 4 N–H and O–H groups in total. The van der Waals surface area contributed by atoms with Crippen LogP contribution in [0, 0.1) is 5.82 Å². The molecule has 96 valence electrons. The van der Waals surface area contributed by atoms with Crippen molar-refractivity contribution in [2.45, 2.75) is 6.42 Å². The number of sulfonamides is 1. The van der Waals surface area contributed by atoms with Crippen LogP contribution in [0.2, 0.25) is 0 Å². The predicted octanol–water partition coefficient (Wildman–Crippen LogP) is -0.451. The number of aromatic nitrogens is 2. The third-order valence-corrected chi connectivity index (χ3v) is 2.50. The second-order valence-corrected chi connectivity index (χ2v) is 5.20. The third-order valence-electron chi connectivity index (χ3n) is 1.77. The van der Waals surface area contributed by atoms with E-state index in [0.717, 1.165) is 12.5 Å². The second-order valence-electron chi connectivity index (χ2n) is 3.37. The van der Waals surface area contributed by atoms with E-state index in [0.29, 0.717) is 13.0 Å². The number of rotatable bonds is 6. The Morgan fingerprint density at radius 1 is 1.47 bits per heavy atom. The van der Waals surface area contributed by atoms with Crippen molar-refractivity contribution in [1.82, 2.24) is 14.7 Å². The fraction of sp³-hybridized carbons (Fsp3) is 0.500. The highest BCUT2D eigenvalue weighted by atomic mass is 32.2. The minimum atomic E-state index is -3.18. The van der Waals surface area contributed by atoms with Crippen LogP contribution in [0.1, 0.15) is 6.42 Å². The zero-order valence-corrected chi connectivity index (χ0v) is 10.1. The minimum absolute atomic E-state index is 0.0110. The summed E-state index contributed by atoms with van der Waals surface area (Å²) in [5.74, 6) is -0.615. The smallest absolute Gasteiger partial charge is 0.222 e. The molecule has 9 heteroatoms. The highest BCUT2D eigenvalue weighted by Gasteiger charge is 2.04. The standard InChI is InChI=1S/C8H14FN5O2S/c1-17(15,16)13-4-2-3-11-7-6(9)5-12-8(10)14-7/h5,13H,2-4H2,1H3,(H3,10,11,12,14). The van der Waals surface area contributed by atoms with Crippen LogP contribution in [0.15, 0.2) is 6.20 Å². The first-order valence-corrected chi connectivity index (χ1v) is 6.74. The van der Waals surface area contributed by atoms with Crippen LogP contribution >= 0.6 is 0 Å². The normalized spacial score (nSPS) is 11.4. The Hall–Kier alpha value is -1.48. The molecule has 0 aliphatic rings. The third kappa shape index (κ3) is 5.41. The molecule has 0 amide bonds. The Bertz CT molecular complexity index is 479. The van der Waals surface area contributed by atoms with E-state index in [1.165, 1.54) is 0 Å². The zero-order chi connectivity index (χ0) is 12.9. The van der Waals surface area contributed by atoms with Crippen molar-refractivity contribution in [2.75, 3.05) is 30.4 Å². The summed E-state index contributed by atoms with van der Waals surface area (Å²) in [7, 11) is -3.18. The van der Waals surface area contributed by atoms with Crippen LogP contribution in [0.25, 0.3) is 0 Å². The van der Waals surface area contributed by atoms with Gasteiger partial charge >= 0.3 is 0 Å². The van der Waals surface area contributed by atoms with Gasteiger partial charge < -0.3 is 11.1 Å². The topological polar surface area (TPSA) is 110 Å². The molecule has 1 heterocycles. The van der Waals surface area contributed by atoms with Crippen molar-refractivity contribution in [3.8, 4) is 0 Å². The monoisotopic (exact) mass is 263 g/mol. The first-order valence-electron chi connectivity index (χ1n) is 4.85. The summed E-state index contributed by atoms with van der Waals surface area (Å²) in [4.78, 5) is 7.14. The molecule has 0 aliphatic heterocycles. The van der Waals surface area contributed by atoms with Gasteiger partial charge in [-0.1, -0.05) is 0 Å². The van der Waals surface area contributed by atoms with Crippen molar-refractivity contribution in [3.05, 3.63) is 12.0 Å². The van der Waals surface area contributed by atoms with Gasteiger partial charge in [0, 0.05) is 13.1 Å². The molecule has 7 nitrogen and oxygen atoms in total. The Labute approximate surface area is 98.7 Å². The number of nitrogens with two attached hydrogens (primary N) is 1. The lowest BCUT2D eigenvalue weighted by Crippen LogP contribution is -2.24. The maximum atomic E-state index is 13.1. The first kappa shape index (κ1) is 13.6. The van der Waals surface area contributed by atoms with Gasteiger partial charge in [-0.3, -0.25) is 0 Å². The largest absolute Gasteiger partial charge is 0.368 e. The number of hydrogen-bond acceptors (Lipinski definition) is 6. The summed E-state index contributed by atoms with van der Waals surface area (Å²) in [5.41, 5.74) is 5.29. The van der Waals surface area contributed by atoms with Gasteiger partial charge in [0.1, 0.15) is 0 Å². The lowest BCUT2D eigenvalue weighted by Gasteiger charge is -2.06. The first-order chi connectivity index (χ1) is 7.88. The molecular weight excluding hydrogens is 249 g/mol. The van der Waals surface area contributed by atoms with Crippen molar-refractivity contribution < 1.29 is 12.8 Å². The molecule has 0 atom stereocenters. The van der Waals surface area contributed by atoms with Gasteiger partial charge in [0.25, 0.3) is 0 Å². The summed E-state index contributed by atoms with van der Waals surface area (Å²) >= 11 is 0. The van der Waals surface area contributed by atoms with E-state index in [1.54, 1.807) is 0 Å². The SMILES string of the molecule is CS(=O)(=O)NCCCNc1nc(N)ncc1F. The molecule has 0 unspecified atom stereocenters. The molecule has 0 aromatic carbocycles. The van der Waals surface area contributed by atoms with Gasteiger partial charge in [0.05, 0.1) is 12.5 Å². The summed E-state index contributed by atoms with van der Waals surface area (Å²) < 4.78 is 36.9. The van der Waals surface area contributed by atoms with Crippen LogP contribution in [-0.4, -0.2) is 37.7 Å². The second kappa shape index (κ2) is 5.73. The van der Waals surface area contributed by atoms with Gasteiger partial charge in [0.2, 0.25) is 16.0 Å². The van der Waals surface area contributed by atoms with E-state index in [1.807, 2.05) is 0 Å². The van der Waals surface area contributed by atoms with Gasteiger partial charge in [-0.05, 0) is 6.42 Å². The quantitative estimate of drug-likeness (QED) is 0.600. The molecule has 1 rings (SSSR count). The van der Waals surface area contributed by atoms with Gasteiger partial charge in [-0.25, -0.2) is 22.5 Å². The van der Waals surface area contributed by atoms with Crippen molar-refractivity contribution >= 4 is 21.8 Å². The molecule has 0 fully saturated rings. The maximum Gasteiger partial charge on any atom is 0.222 e. The van der Waals surface area contributed by atoms with Crippen molar-refractivity contribution in [2.24, 2.45) is 0 Å². The highest BCUT2D eigenvalue weighted by Crippen LogP contribution is 2.09.